The molecule has 1 aromatic rings. The Labute approximate surface area is 123 Å². The molecule has 19 heavy (non-hydrogen) atoms. The molecule has 1 fully saturated rings. The van der Waals surface area contributed by atoms with Gasteiger partial charge in [-0.3, -0.25) is 9.48 Å². The number of halogens is 1. The van der Waals surface area contributed by atoms with E-state index in [4.69, 9.17) is 0 Å². The molecule has 106 valence electrons. The molecule has 4 nitrogen and oxygen atoms in total. The minimum Gasteiger partial charge on any atom is -0.316 e. The van der Waals surface area contributed by atoms with E-state index in [1.54, 1.807) is 4.68 Å². The molecule has 1 unspecified atom stereocenters. The number of aromatic nitrogens is 2. The number of rotatable bonds is 5. The maximum Gasteiger partial charge on any atom is 0.138 e. The van der Waals surface area contributed by atoms with Gasteiger partial charge >= 0.3 is 0 Å². The Morgan fingerprint density at radius 3 is 2.95 bits per heavy atom. The van der Waals surface area contributed by atoms with Gasteiger partial charge in [0, 0.05) is 19.9 Å². The van der Waals surface area contributed by atoms with Gasteiger partial charge in [0.2, 0.25) is 0 Å². The Balaban J connectivity index is 1.83. The Kier molecular flexibility index (Phi) is 5.16. The minimum atomic E-state index is 0.314. The van der Waals surface area contributed by atoms with Crippen molar-refractivity contribution in [2.45, 2.75) is 39.0 Å². The first-order valence-electron chi connectivity index (χ1n) is 6.98. The van der Waals surface area contributed by atoms with Crippen molar-refractivity contribution in [1.29, 1.82) is 0 Å². The normalized spacial score (nSPS) is 19.6. The Morgan fingerprint density at radius 2 is 2.37 bits per heavy atom. The first-order valence-corrected chi connectivity index (χ1v) is 7.77. The second-order valence-corrected chi connectivity index (χ2v) is 6.23. The summed E-state index contributed by atoms with van der Waals surface area (Å²) >= 11 is 3.51. The molecule has 1 aliphatic rings. The van der Waals surface area contributed by atoms with Gasteiger partial charge in [0.1, 0.15) is 5.78 Å². The van der Waals surface area contributed by atoms with Crippen LogP contribution in [0, 0.1) is 12.8 Å². The number of ketones is 1. The van der Waals surface area contributed by atoms with E-state index in [1.165, 1.54) is 12.8 Å². The summed E-state index contributed by atoms with van der Waals surface area (Å²) in [5.41, 5.74) is 1.94. The fourth-order valence-corrected chi connectivity index (χ4v) is 3.16. The number of carbonyl (C=O) groups is 1. The molecule has 1 saturated heterocycles. The van der Waals surface area contributed by atoms with Gasteiger partial charge in [-0.25, -0.2) is 0 Å². The number of hydrogen-bond donors (Lipinski definition) is 1. The second kappa shape index (κ2) is 6.66. The first-order chi connectivity index (χ1) is 9.08. The molecule has 0 amide bonds. The molecule has 1 N–H and O–H groups in total. The lowest BCUT2D eigenvalue weighted by Gasteiger charge is -2.22. The summed E-state index contributed by atoms with van der Waals surface area (Å²) in [6, 6.07) is 0. The maximum atomic E-state index is 12.1. The zero-order valence-electron chi connectivity index (χ0n) is 11.7. The SMILES string of the molecule is Cc1nn(C)c(CC(=O)CCC2CCCNC2)c1Br. The largest absolute Gasteiger partial charge is 0.316 e. The first kappa shape index (κ1) is 14.7. The van der Waals surface area contributed by atoms with Crippen LogP contribution in [0.4, 0.5) is 0 Å². The van der Waals surface area contributed by atoms with Crippen LogP contribution in [0.15, 0.2) is 4.47 Å². The van der Waals surface area contributed by atoms with E-state index in [1.807, 2.05) is 14.0 Å². The molecule has 1 aromatic heterocycles. The number of aryl methyl sites for hydroxylation is 2. The fraction of sp³-hybridized carbons (Fsp3) is 0.714. The topological polar surface area (TPSA) is 46.9 Å². The zero-order valence-corrected chi connectivity index (χ0v) is 13.3. The average molecular weight is 328 g/mol. The van der Waals surface area contributed by atoms with Crippen LogP contribution in [0.1, 0.15) is 37.1 Å². The number of nitrogens with one attached hydrogen (secondary N) is 1. The van der Waals surface area contributed by atoms with E-state index in [0.29, 0.717) is 24.5 Å². The van der Waals surface area contributed by atoms with E-state index in [0.717, 1.165) is 35.4 Å². The number of piperidine rings is 1. The highest BCUT2D eigenvalue weighted by molar-refractivity contribution is 9.10. The number of Topliss-reactive ketones (excluding diaryl/α,β-unsaturated/α-hetero) is 1. The van der Waals surface area contributed by atoms with E-state index in [2.05, 4.69) is 26.3 Å². The van der Waals surface area contributed by atoms with Crippen LogP contribution in [0.3, 0.4) is 0 Å². The van der Waals surface area contributed by atoms with Crippen LogP contribution in [0.2, 0.25) is 0 Å². The summed E-state index contributed by atoms with van der Waals surface area (Å²) in [6.07, 6.45) is 4.68. The van der Waals surface area contributed by atoms with Crippen molar-refractivity contribution in [2.75, 3.05) is 13.1 Å². The van der Waals surface area contributed by atoms with Crippen molar-refractivity contribution < 1.29 is 4.79 Å². The summed E-state index contributed by atoms with van der Waals surface area (Å²) in [5, 5.41) is 7.72. The van der Waals surface area contributed by atoms with Crippen LogP contribution in [-0.4, -0.2) is 28.7 Å². The lowest BCUT2D eigenvalue weighted by atomic mass is 9.93. The average Bonchev–Trinajstić information content (AvgIpc) is 2.64. The molecule has 0 aliphatic carbocycles. The molecule has 2 rings (SSSR count). The molecular weight excluding hydrogens is 306 g/mol. The molecule has 0 bridgehead atoms. The van der Waals surface area contributed by atoms with Gasteiger partial charge in [0.25, 0.3) is 0 Å². The molecule has 0 radical (unpaired) electrons. The highest BCUT2D eigenvalue weighted by Crippen LogP contribution is 2.22. The van der Waals surface area contributed by atoms with Gasteiger partial charge in [-0.05, 0) is 61.1 Å². The van der Waals surface area contributed by atoms with Crippen molar-refractivity contribution in [2.24, 2.45) is 13.0 Å². The summed E-state index contributed by atoms with van der Waals surface area (Å²) in [5.74, 6) is 0.990. The van der Waals surface area contributed by atoms with Crippen LogP contribution < -0.4 is 5.32 Å². The third-order valence-electron chi connectivity index (χ3n) is 3.86. The molecular formula is C14H22BrN3O. The van der Waals surface area contributed by atoms with Crippen molar-refractivity contribution in [3.63, 3.8) is 0 Å². The Morgan fingerprint density at radius 1 is 1.58 bits per heavy atom. The summed E-state index contributed by atoms with van der Waals surface area (Å²) in [6.45, 7) is 4.15. The van der Waals surface area contributed by atoms with Gasteiger partial charge in [-0.2, -0.15) is 5.10 Å². The molecule has 2 heterocycles. The predicted molar refractivity (Wildman–Crippen MR) is 79.2 cm³/mol. The molecule has 5 heteroatoms. The number of nitrogens with zero attached hydrogens (tertiary/aromatic N) is 2. The van der Waals surface area contributed by atoms with E-state index in [-0.39, 0.29) is 0 Å². The Bertz CT molecular complexity index is 450. The highest BCUT2D eigenvalue weighted by atomic mass is 79.9. The van der Waals surface area contributed by atoms with E-state index >= 15 is 0 Å². The molecule has 0 aromatic carbocycles. The van der Waals surface area contributed by atoms with Gasteiger partial charge in [0.15, 0.2) is 0 Å². The summed E-state index contributed by atoms with van der Waals surface area (Å²) in [7, 11) is 1.89. The van der Waals surface area contributed by atoms with E-state index in [9.17, 15) is 4.79 Å². The van der Waals surface area contributed by atoms with Gasteiger partial charge < -0.3 is 5.32 Å². The van der Waals surface area contributed by atoms with Crippen molar-refractivity contribution >= 4 is 21.7 Å². The van der Waals surface area contributed by atoms with Gasteiger partial charge in [-0.15, -0.1) is 0 Å². The number of carbonyl (C=O) groups excluding carboxylic acids is 1. The monoisotopic (exact) mass is 327 g/mol. The van der Waals surface area contributed by atoms with E-state index < -0.39 is 0 Å². The lowest BCUT2D eigenvalue weighted by molar-refractivity contribution is -0.118. The lowest BCUT2D eigenvalue weighted by Crippen LogP contribution is -2.30. The third-order valence-corrected chi connectivity index (χ3v) is 4.89. The molecule has 0 saturated carbocycles. The minimum absolute atomic E-state index is 0.314. The highest BCUT2D eigenvalue weighted by Gasteiger charge is 2.17. The summed E-state index contributed by atoms with van der Waals surface area (Å²) < 4.78 is 2.78. The third kappa shape index (κ3) is 3.89. The van der Waals surface area contributed by atoms with Gasteiger partial charge in [0.05, 0.1) is 15.9 Å². The maximum absolute atomic E-state index is 12.1. The van der Waals surface area contributed by atoms with Crippen molar-refractivity contribution in [3.05, 3.63) is 15.9 Å². The van der Waals surface area contributed by atoms with Gasteiger partial charge in [-0.1, -0.05) is 0 Å². The van der Waals surface area contributed by atoms with Crippen LogP contribution in [-0.2, 0) is 18.3 Å². The second-order valence-electron chi connectivity index (χ2n) is 5.44. The van der Waals surface area contributed by atoms with Crippen molar-refractivity contribution in [1.82, 2.24) is 15.1 Å². The quantitative estimate of drug-likeness (QED) is 0.903. The van der Waals surface area contributed by atoms with Crippen LogP contribution in [0.25, 0.3) is 0 Å². The fourth-order valence-electron chi connectivity index (χ4n) is 2.68. The van der Waals surface area contributed by atoms with Crippen LogP contribution >= 0.6 is 15.9 Å². The standard InChI is InChI=1S/C14H22BrN3O/c1-10-14(15)13(18(2)17-10)8-12(19)6-5-11-4-3-7-16-9-11/h11,16H,3-9H2,1-2H3. The number of hydrogen-bond acceptors (Lipinski definition) is 3. The molecule has 0 spiro atoms. The zero-order chi connectivity index (χ0) is 13.8. The van der Waals surface area contributed by atoms with Crippen molar-refractivity contribution in [3.8, 4) is 0 Å². The Hall–Kier alpha value is -0.680. The predicted octanol–water partition coefficient (Wildman–Crippen LogP) is 2.38. The molecule has 1 atom stereocenters. The molecule has 1 aliphatic heterocycles. The van der Waals surface area contributed by atoms with Crippen LogP contribution in [0.5, 0.6) is 0 Å². The summed E-state index contributed by atoms with van der Waals surface area (Å²) in [4.78, 5) is 12.1. The smallest absolute Gasteiger partial charge is 0.138 e.